The molecule has 24 heavy (non-hydrogen) atoms. The van der Waals surface area contributed by atoms with Gasteiger partial charge in [0.25, 0.3) is 5.78 Å². The number of carbonyl (C=O) groups is 2. The van der Waals surface area contributed by atoms with E-state index in [-0.39, 0.29) is 6.42 Å². The van der Waals surface area contributed by atoms with Gasteiger partial charge in [0.1, 0.15) is 5.82 Å². The predicted octanol–water partition coefficient (Wildman–Crippen LogP) is 4.14. The normalized spacial score (nSPS) is 11.2. The van der Waals surface area contributed by atoms with Crippen molar-refractivity contribution in [2.24, 2.45) is 0 Å². The minimum Gasteiger partial charge on any atom is -0.325 e. The highest BCUT2D eigenvalue weighted by molar-refractivity contribution is 6.07. The number of aryl methyl sites for hydroxylation is 1. The van der Waals surface area contributed by atoms with Crippen molar-refractivity contribution in [3.63, 3.8) is 0 Å². The number of hydrogen-bond donors (Lipinski definition) is 1. The molecule has 0 heterocycles. The number of ketones is 1. The minimum absolute atomic E-state index is 0.0137. The Hall–Kier alpha value is -2.70. The maximum Gasteiger partial charge on any atom is 0.454 e. The van der Waals surface area contributed by atoms with E-state index in [1.807, 2.05) is 6.07 Å². The Morgan fingerprint density at radius 3 is 2.29 bits per heavy atom. The van der Waals surface area contributed by atoms with Crippen LogP contribution in [0, 0.1) is 5.82 Å². The van der Waals surface area contributed by atoms with E-state index in [1.165, 1.54) is 0 Å². The maximum absolute atomic E-state index is 13.3. The van der Waals surface area contributed by atoms with Gasteiger partial charge in [-0.3, -0.25) is 9.59 Å². The molecule has 2 rings (SSSR count). The molecule has 0 unspecified atom stereocenters. The van der Waals surface area contributed by atoms with E-state index in [4.69, 9.17) is 0 Å². The van der Waals surface area contributed by atoms with Crippen LogP contribution < -0.4 is 5.32 Å². The fraction of sp³-hybridized carbons (Fsp3) is 0.176. The second-order valence-corrected chi connectivity index (χ2v) is 5.05. The van der Waals surface area contributed by atoms with Gasteiger partial charge in [0.05, 0.1) is 11.3 Å². The number of nitrogens with one attached hydrogen (secondary N) is 1. The Balaban J connectivity index is 2.12. The topological polar surface area (TPSA) is 46.2 Å². The summed E-state index contributed by atoms with van der Waals surface area (Å²) in [6, 6.07) is 11.1. The van der Waals surface area contributed by atoms with Gasteiger partial charge in [0.15, 0.2) is 0 Å². The largest absolute Gasteiger partial charge is 0.454 e. The van der Waals surface area contributed by atoms with Crippen molar-refractivity contribution < 1.29 is 27.2 Å². The molecule has 0 aliphatic heterocycles. The molecule has 0 radical (unpaired) electrons. The molecule has 3 nitrogen and oxygen atoms in total. The average molecular weight is 339 g/mol. The summed E-state index contributed by atoms with van der Waals surface area (Å²) >= 11 is 0. The molecule has 1 N–H and O–H groups in total. The summed E-state index contributed by atoms with van der Waals surface area (Å²) in [6.45, 7) is 0. The lowest BCUT2D eigenvalue weighted by Crippen LogP contribution is -2.25. The van der Waals surface area contributed by atoms with Gasteiger partial charge in [0, 0.05) is 6.42 Å². The highest BCUT2D eigenvalue weighted by atomic mass is 19.4. The maximum atomic E-state index is 13.3. The summed E-state index contributed by atoms with van der Waals surface area (Å²) in [5.74, 6) is -3.60. The van der Waals surface area contributed by atoms with Crippen molar-refractivity contribution in [1.82, 2.24) is 0 Å². The Bertz CT molecular complexity index is 742. The van der Waals surface area contributed by atoms with Crippen molar-refractivity contribution in [2.75, 3.05) is 5.32 Å². The van der Waals surface area contributed by atoms with Gasteiger partial charge in [0.2, 0.25) is 5.91 Å². The molecule has 0 bridgehead atoms. The van der Waals surface area contributed by atoms with E-state index in [9.17, 15) is 27.2 Å². The molecular formula is C17H13F4NO2. The number of Topliss-reactive ketones (excluding diaryl/α,β-unsaturated/α-hetero) is 1. The standard InChI is InChI=1S/C17H13F4NO2/c18-12-7-8-13(16(24)17(19,20)21)14(10-12)22-15(23)9-6-11-4-2-1-3-5-11/h1-5,7-8,10H,6,9H2,(H,22,23). The monoisotopic (exact) mass is 339 g/mol. The van der Waals surface area contributed by atoms with E-state index in [0.717, 1.165) is 11.6 Å². The molecule has 0 aliphatic carbocycles. The first-order valence-corrected chi connectivity index (χ1v) is 7.02. The summed E-state index contributed by atoms with van der Waals surface area (Å²) in [5, 5.41) is 2.17. The van der Waals surface area contributed by atoms with Gasteiger partial charge < -0.3 is 5.32 Å². The SMILES string of the molecule is O=C(CCc1ccccc1)Nc1cc(F)ccc1C(=O)C(F)(F)F. The molecule has 7 heteroatoms. The third kappa shape index (κ3) is 4.65. The number of carbonyl (C=O) groups excluding carboxylic acids is 2. The fourth-order valence-corrected chi connectivity index (χ4v) is 2.09. The van der Waals surface area contributed by atoms with Gasteiger partial charge in [-0.15, -0.1) is 0 Å². The number of alkyl halides is 3. The smallest absolute Gasteiger partial charge is 0.325 e. The molecule has 2 aromatic carbocycles. The summed E-state index contributed by atoms with van der Waals surface area (Å²) in [4.78, 5) is 23.3. The van der Waals surface area contributed by atoms with Crippen LogP contribution >= 0.6 is 0 Å². The van der Waals surface area contributed by atoms with Crippen molar-refractivity contribution in [3.05, 3.63) is 65.5 Å². The van der Waals surface area contributed by atoms with Gasteiger partial charge in [-0.05, 0) is 30.2 Å². The first-order chi connectivity index (χ1) is 11.3. The van der Waals surface area contributed by atoms with E-state index < -0.39 is 34.9 Å². The van der Waals surface area contributed by atoms with Crippen LogP contribution in [0.25, 0.3) is 0 Å². The zero-order valence-electron chi connectivity index (χ0n) is 12.4. The Morgan fingerprint density at radius 2 is 1.67 bits per heavy atom. The van der Waals surface area contributed by atoms with E-state index in [1.54, 1.807) is 24.3 Å². The van der Waals surface area contributed by atoms with Crippen LogP contribution in [0.15, 0.2) is 48.5 Å². The molecule has 0 spiro atoms. The molecule has 0 aromatic heterocycles. The van der Waals surface area contributed by atoms with Crippen LogP contribution in [0.3, 0.4) is 0 Å². The molecule has 1 amide bonds. The second kappa shape index (κ2) is 7.25. The lowest BCUT2D eigenvalue weighted by Gasteiger charge is -2.12. The van der Waals surface area contributed by atoms with Crippen LogP contribution in [0.4, 0.5) is 23.2 Å². The number of hydrogen-bond acceptors (Lipinski definition) is 2. The molecule has 0 saturated heterocycles. The van der Waals surface area contributed by atoms with Crippen LogP contribution in [0.2, 0.25) is 0 Å². The number of amides is 1. The third-order valence-corrected chi connectivity index (χ3v) is 3.24. The first-order valence-electron chi connectivity index (χ1n) is 7.02. The van der Waals surface area contributed by atoms with Gasteiger partial charge in [-0.2, -0.15) is 13.2 Å². The highest BCUT2D eigenvalue weighted by Crippen LogP contribution is 2.27. The Labute approximate surface area is 135 Å². The molecule has 0 atom stereocenters. The second-order valence-electron chi connectivity index (χ2n) is 5.05. The molecule has 126 valence electrons. The van der Waals surface area contributed by atoms with Crippen LogP contribution in [0.1, 0.15) is 22.3 Å². The van der Waals surface area contributed by atoms with Crippen molar-refractivity contribution in [1.29, 1.82) is 0 Å². The molecular weight excluding hydrogens is 326 g/mol. The van der Waals surface area contributed by atoms with Crippen LogP contribution in [-0.2, 0) is 11.2 Å². The lowest BCUT2D eigenvalue weighted by molar-refractivity contribution is -0.116. The Kier molecular flexibility index (Phi) is 5.33. The van der Waals surface area contributed by atoms with E-state index in [2.05, 4.69) is 5.32 Å². The lowest BCUT2D eigenvalue weighted by atomic mass is 10.1. The summed E-state index contributed by atoms with van der Waals surface area (Å²) < 4.78 is 51.0. The molecule has 2 aromatic rings. The van der Waals surface area contributed by atoms with Crippen LogP contribution in [-0.4, -0.2) is 17.9 Å². The Morgan fingerprint density at radius 1 is 1.00 bits per heavy atom. The van der Waals surface area contributed by atoms with E-state index in [0.29, 0.717) is 18.6 Å². The number of halogens is 4. The fourth-order valence-electron chi connectivity index (χ4n) is 2.09. The van der Waals surface area contributed by atoms with E-state index >= 15 is 0 Å². The minimum atomic E-state index is -5.11. The molecule has 0 fully saturated rings. The summed E-state index contributed by atoms with van der Waals surface area (Å²) in [5.41, 5.74) is -0.411. The van der Waals surface area contributed by atoms with Gasteiger partial charge in [-0.1, -0.05) is 30.3 Å². The predicted molar refractivity (Wildman–Crippen MR) is 80.2 cm³/mol. The quantitative estimate of drug-likeness (QED) is 0.657. The first kappa shape index (κ1) is 17.7. The highest BCUT2D eigenvalue weighted by Gasteiger charge is 2.40. The number of benzene rings is 2. The number of rotatable bonds is 5. The molecule has 0 saturated carbocycles. The summed E-state index contributed by atoms with van der Waals surface area (Å²) in [6.07, 6.45) is -4.76. The van der Waals surface area contributed by atoms with Crippen molar-refractivity contribution >= 4 is 17.4 Å². The van der Waals surface area contributed by atoms with Gasteiger partial charge in [-0.25, -0.2) is 4.39 Å². The average Bonchev–Trinajstić information content (AvgIpc) is 2.53. The van der Waals surface area contributed by atoms with Crippen LogP contribution in [0.5, 0.6) is 0 Å². The van der Waals surface area contributed by atoms with Crippen molar-refractivity contribution in [3.8, 4) is 0 Å². The zero-order valence-corrected chi connectivity index (χ0v) is 12.4. The molecule has 0 aliphatic rings. The third-order valence-electron chi connectivity index (χ3n) is 3.24. The summed E-state index contributed by atoms with van der Waals surface area (Å²) in [7, 11) is 0. The number of anilines is 1. The zero-order chi connectivity index (χ0) is 17.7. The van der Waals surface area contributed by atoms with Gasteiger partial charge >= 0.3 is 6.18 Å². The van der Waals surface area contributed by atoms with Crippen molar-refractivity contribution in [2.45, 2.75) is 19.0 Å².